The highest BCUT2D eigenvalue weighted by Crippen LogP contribution is 2.79. The van der Waals surface area contributed by atoms with Crippen LogP contribution in [-0.2, 0) is 16.8 Å². The molecule has 0 aliphatic heterocycles. The van der Waals surface area contributed by atoms with Gasteiger partial charge in [-0.1, -0.05) is 39.6 Å². The molecule has 0 saturated heterocycles. The van der Waals surface area contributed by atoms with E-state index in [1.165, 1.54) is 18.3 Å². The molecule has 9 nitrogen and oxygen atoms in total. The number of hydrogen-bond acceptors (Lipinski definition) is 8. The normalized spacial score (nSPS) is 28.0. The van der Waals surface area contributed by atoms with Crippen LogP contribution in [0.15, 0.2) is 45.6 Å². The average molecular weight is 593 g/mol. The van der Waals surface area contributed by atoms with Crippen molar-refractivity contribution in [3.8, 4) is 22.8 Å². The summed E-state index contributed by atoms with van der Waals surface area (Å²) in [7, 11) is 0. The Kier molecular flexibility index (Phi) is 5.50. The van der Waals surface area contributed by atoms with Crippen LogP contribution in [-0.4, -0.2) is 37.0 Å². The van der Waals surface area contributed by atoms with Gasteiger partial charge in [-0.2, -0.15) is 4.98 Å². The van der Waals surface area contributed by atoms with Crippen molar-refractivity contribution in [2.45, 2.75) is 74.9 Å². The molecule has 4 aliphatic rings. The molecule has 11 heteroatoms. The van der Waals surface area contributed by atoms with Gasteiger partial charge in [-0.3, -0.25) is 4.98 Å². The van der Waals surface area contributed by atoms with E-state index in [0.29, 0.717) is 51.2 Å². The molecular formula is C30H26Cl2N4O5. The zero-order chi connectivity index (χ0) is 28.0. The van der Waals surface area contributed by atoms with Crippen LogP contribution in [0.2, 0.25) is 10.0 Å². The first-order chi connectivity index (χ1) is 19.9. The number of carboxylic acids is 1. The number of ether oxygens (including phenoxy) is 1. The highest BCUT2D eigenvalue weighted by Gasteiger charge is 2.80. The van der Waals surface area contributed by atoms with Gasteiger partial charge in [0.05, 0.1) is 33.2 Å². The third kappa shape index (κ3) is 3.49. The lowest BCUT2D eigenvalue weighted by molar-refractivity contribution is -0.249. The zero-order valence-corrected chi connectivity index (χ0v) is 23.5. The van der Waals surface area contributed by atoms with Crippen molar-refractivity contribution in [3.63, 3.8) is 0 Å². The lowest BCUT2D eigenvalue weighted by Crippen LogP contribution is -2.68. The summed E-state index contributed by atoms with van der Waals surface area (Å²) in [5.74, 6) is 1.09. The van der Waals surface area contributed by atoms with E-state index in [1.807, 2.05) is 18.2 Å². The number of aromatic carboxylic acids is 1. The summed E-state index contributed by atoms with van der Waals surface area (Å²) < 4.78 is 18.7. The molecule has 4 fully saturated rings. The first-order valence-electron chi connectivity index (χ1n) is 14.0. The second-order valence-corrected chi connectivity index (χ2v) is 12.7. The minimum absolute atomic E-state index is 0.0841. The first-order valence-corrected chi connectivity index (χ1v) is 14.7. The molecule has 3 atom stereocenters. The topological polar surface area (TPSA) is 124 Å². The van der Waals surface area contributed by atoms with Gasteiger partial charge in [0.25, 0.3) is 0 Å². The molecule has 3 aromatic heterocycles. The van der Waals surface area contributed by atoms with Crippen molar-refractivity contribution in [2.75, 3.05) is 0 Å². The molecule has 1 spiro atoms. The highest BCUT2D eigenvalue weighted by atomic mass is 35.5. The van der Waals surface area contributed by atoms with Crippen molar-refractivity contribution in [3.05, 3.63) is 69.4 Å². The van der Waals surface area contributed by atoms with E-state index in [-0.39, 0.29) is 22.0 Å². The molecule has 0 radical (unpaired) electrons. The van der Waals surface area contributed by atoms with E-state index in [4.69, 9.17) is 42.0 Å². The summed E-state index contributed by atoms with van der Waals surface area (Å²) >= 11 is 13.1. The molecule has 4 aliphatic carbocycles. The smallest absolute Gasteiger partial charge is 0.335 e. The van der Waals surface area contributed by atoms with E-state index in [9.17, 15) is 9.90 Å². The number of halogens is 2. The Balaban J connectivity index is 1.09. The first kappa shape index (κ1) is 25.4. The number of benzene rings is 1. The van der Waals surface area contributed by atoms with Crippen molar-refractivity contribution in [2.24, 2.45) is 5.41 Å². The van der Waals surface area contributed by atoms with Crippen LogP contribution in [0.3, 0.4) is 0 Å². The van der Waals surface area contributed by atoms with Gasteiger partial charge in [0.15, 0.2) is 0 Å². The average Bonchev–Trinajstić information content (AvgIpc) is 3.48. The number of rotatable bonds is 8. The monoisotopic (exact) mass is 592 g/mol. The van der Waals surface area contributed by atoms with Gasteiger partial charge < -0.3 is 18.9 Å². The number of hydrogen-bond donors (Lipinski definition) is 1. The molecule has 0 bridgehead atoms. The zero-order valence-electron chi connectivity index (χ0n) is 22.0. The van der Waals surface area contributed by atoms with Crippen LogP contribution in [0.1, 0.15) is 84.9 Å². The molecule has 210 valence electrons. The van der Waals surface area contributed by atoms with E-state index < -0.39 is 5.97 Å². The van der Waals surface area contributed by atoms with E-state index in [0.717, 1.165) is 62.7 Å². The van der Waals surface area contributed by atoms with Gasteiger partial charge in [-0.15, -0.1) is 0 Å². The van der Waals surface area contributed by atoms with Crippen LogP contribution in [0, 0.1) is 5.41 Å². The van der Waals surface area contributed by atoms with E-state index in [1.54, 1.807) is 0 Å². The quantitative estimate of drug-likeness (QED) is 0.225. The lowest BCUT2D eigenvalue weighted by Gasteiger charge is -2.67. The van der Waals surface area contributed by atoms with Crippen LogP contribution in [0.25, 0.3) is 22.8 Å². The Morgan fingerprint density at radius 3 is 2.46 bits per heavy atom. The summed E-state index contributed by atoms with van der Waals surface area (Å²) in [6.07, 6.45) is 9.33. The molecule has 4 saturated carbocycles. The number of carboxylic acid groups (broad SMARTS) is 1. The molecule has 0 amide bonds. The Bertz CT molecular complexity index is 1690. The summed E-state index contributed by atoms with van der Waals surface area (Å²) in [5.41, 5.74) is 2.12. The molecule has 1 N–H and O–H groups in total. The van der Waals surface area contributed by atoms with Crippen molar-refractivity contribution >= 4 is 29.2 Å². The van der Waals surface area contributed by atoms with Gasteiger partial charge in [0.2, 0.25) is 11.7 Å². The molecule has 3 unspecified atom stereocenters. The Morgan fingerprint density at radius 1 is 1.02 bits per heavy atom. The number of carbonyl (C=O) groups is 1. The fourth-order valence-corrected chi connectivity index (χ4v) is 8.35. The van der Waals surface area contributed by atoms with Crippen LogP contribution in [0.4, 0.5) is 0 Å². The van der Waals surface area contributed by atoms with Gasteiger partial charge in [-0.05, 0) is 75.6 Å². The Morgan fingerprint density at radius 2 is 1.78 bits per heavy atom. The minimum atomic E-state index is -1.03. The van der Waals surface area contributed by atoms with Crippen LogP contribution in [0.5, 0.6) is 0 Å². The van der Waals surface area contributed by atoms with Crippen LogP contribution < -0.4 is 0 Å². The second-order valence-electron chi connectivity index (χ2n) is 11.9. The SMILES string of the molecule is O=C(O)c1ccnc(-c2noc(C34CCC5(OCc6c(-c7c(Cl)cccc7Cl)noc6C6CC6)CCC53CC4)n2)c1. The van der Waals surface area contributed by atoms with Gasteiger partial charge in [0, 0.05) is 28.7 Å². The van der Waals surface area contributed by atoms with Crippen LogP contribution >= 0.6 is 23.2 Å². The summed E-state index contributed by atoms with van der Waals surface area (Å²) in [6.45, 7) is 0.366. The third-order valence-electron chi connectivity index (χ3n) is 10.2. The summed E-state index contributed by atoms with van der Waals surface area (Å²) in [5, 5.41) is 19.1. The maximum absolute atomic E-state index is 11.4. The van der Waals surface area contributed by atoms with Crippen molar-refractivity contribution < 1.29 is 23.7 Å². The fraction of sp³-hybridized carbons (Fsp3) is 0.433. The molecular weight excluding hydrogens is 567 g/mol. The second kappa shape index (κ2) is 8.86. The predicted octanol–water partition coefficient (Wildman–Crippen LogP) is 7.23. The predicted molar refractivity (Wildman–Crippen MR) is 148 cm³/mol. The summed E-state index contributed by atoms with van der Waals surface area (Å²) in [6, 6.07) is 8.35. The van der Waals surface area contributed by atoms with Crippen molar-refractivity contribution in [1.82, 2.24) is 20.3 Å². The Labute approximate surface area is 245 Å². The third-order valence-corrected chi connectivity index (χ3v) is 10.8. The summed E-state index contributed by atoms with van der Waals surface area (Å²) in [4.78, 5) is 20.5. The van der Waals surface area contributed by atoms with Gasteiger partial charge >= 0.3 is 5.97 Å². The van der Waals surface area contributed by atoms with E-state index in [2.05, 4.69) is 15.3 Å². The number of nitrogens with zero attached hydrogens (tertiary/aromatic N) is 4. The number of aromatic nitrogens is 4. The standard InChI is InChI=1S/C30H26Cl2N4O5/c31-19-2-1-3-20(32)22(19)23-18(24(40-35-23)16-4-5-16)15-39-30-11-8-28(7-9-29(28,30)10-12-30)27-34-25(36-41-27)21-14-17(26(37)38)6-13-33-21/h1-3,6,13-14,16H,4-5,7-12,15H2,(H,37,38). The minimum Gasteiger partial charge on any atom is -0.478 e. The fourth-order valence-electron chi connectivity index (χ4n) is 7.77. The van der Waals surface area contributed by atoms with E-state index >= 15 is 0 Å². The molecule has 4 aromatic rings. The lowest BCUT2D eigenvalue weighted by atomic mass is 9.39. The highest BCUT2D eigenvalue weighted by molar-refractivity contribution is 6.39. The number of pyridine rings is 1. The Hall–Kier alpha value is -3.27. The molecule has 8 rings (SSSR count). The van der Waals surface area contributed by atoms with Crippen molar-refractivity contribution in [1.29, 1.82) is 0 Å². The molecule has 41 heavy (non-hydrogen) atoms. The maximum Gasteiger partial charge on any atom is 0.335 e. The molecule has 1 aromatic carbocycles. The maximum atomic E-state index is 11.4. The van der Waals surface area contributed by atoms with Gasteiger partial charge in [-0.25, -0.2) is 4.79 Å². The largest absolute Gasteiger partial charge is 0.478 e. The van der Waals surface area contributed by atoms with Gasteiger partial charge in [0.1, 0.15) is 17.1 Å². The molecule has 3 heterocycles.